The molecule has 0 saturated heterocycles. The molecule has 9 heteroatoms. The number of benzene rings is 1. The van der Waals surface area contributed by atoms with Gasteiger partial charge in [0.05, 0.1) is 5.56 Å². The van der Waals surface area contributed by atoms with E-state index in [2.05, 4.69) is 14.7 Å². The van der Waals surface area contributed by atoms with Crippen molar-refractivity contribution >= 4 is 27.9 Å². The molecule has 0 aliphatic heterocycles. The SMILES string of the molecule is C/C(=C\C=C/NO)c1nsc(Nc2cccc(C(F)(F)F)c2)n1. The first-order valence-corrected chi connectivity index (χ1v) is 7.19. The van der Waals surface area contributed by atoms with Crippen LogP contribution < -0.4 is 10.8 Å². The van der Waals surface area contributed by atoms with E-state index in [1.165, 1.54) is 18.3 Å². The van der Waals surface area contributed by atoms with Gasteiger partial charge in [0.15, 0.2) is 5.82 Å². The highest BCUT2D eigenvalue weighted by molar-refractivity contribution is 7.09. The number of hydrogen-bond acceptors (Lipinski definition) is 6. The van der Waals surface area contributed by atoms with Crippen molar-refractivity contribution in [3.63, 3.8) is 0 Å². The van der Waals surface area contributed by atoms with Crippen LogP contribution in [-0.4, -0.2) is 14.6 Å². The average molecular weight is 342 g/mol. The fourth-order valence-corrected chi connectivity index (χ4v) is 2.29. The van der Waals surface area contributed by atoms with Crippen LogP contribution in [-0.2, 0) is 6.18 Å². The first-order chi connectivity index (χ1) is 10.9. The molecule has 2 rings (SSSR count). The van der Waals surface area contributed by atoms with E-state index >= 15 is 0 Å². The number of halogens is 3. The second-order valence-corrected chi connectivity index (χ2v) is 5.22. The lowest BCUT2D eigenvalue weighted by atomic mass is 10.2. The molecule has 0 amide bonds. The number of anilines is 2. The molecule has 0 spiro atoms. The minimum absolute atomic E-state index is 0.286. The molecule has 5 nitrogen and oxygen atoms in total. The zero-order valence-corrected chi connectivity index (χ0v) is 12.7. The third kappa shape index (κ3) is 4.80. The van der Waals surface area contributed by atoms with Gasteiger partial charge in [-0.05, 0) is 36.8 Å². The lowest BCUT2D eigenvalue weighted by molar-refractivity contribution is -0.137. The van der Waals surface area contributed by atoms with Crippen molar-refractivity contribution in [3.8, 4) is 0 Å². The number of nitrogens with zero attached hydrogens (tertiary/aromatic N) is 2. The number of alkyl halides is 3. The normalized spacial score (nSPS) is 12.7. The van der Waals surface area contributed by atoms with Gasteiger partial charge in [0.1, 0.15) is 0 Å². The van der Waals surface area contributed by atoms with Gasteiger partial charge in [-0.2, -0.15) is 22.5 Å². The molecule has 0 fully saturated rings. The van der Waals surface area contributed by atoms with Crippen LogP contribution in [0.4, 0.5) is 24.0 Å². The summed E-state index contributed by atoms with van der Waals surface area (Å²) in [6.45, 7) is 1.78. The standard InChI is InChI=1S/C14H13F3N4OS/c1-9(4-3-7-18-22)12-20-13(23-21-12)19-11-6-2-5-10(8-11)14(15,16)17/h2-8,18,22H,1H3,(H,19,20,21)/b7-3-,9-4+. The molecule has 1 aromatic carbocycles. The smallest absolute Gasteiger partial charge is 0.330 e. The largest absolute Gasteiger partial charge is 0.416 e. The lowest BCUT2D eigenvalue weighted by Gasteiger charge is -2.08. The summed E-state index contributed by atoms with van der Waals surface area (Å²) in [5.74, 6) is 0.451. The number of aromatic nitrogens is 2. The van der Waals surface area contributed by atoms with Gasteiger partial charge in [0.25, 0.3) is 0 Å². The van der Waals surface area contributed by atoms with Gasteiger partial charge in [0.2, 0.25) is 5.13 Å². The molecule has 0 bridgehead atoms. The number of hydrogen-bond donors (Lipinski definition) is 3. The maximum Gasteiger partial charge on any atom is 0.416 e. The monoisotopic (exact) mass is 342 g/mol. The molecule has 2 aromatic rings. The molecule has 0 saturated carbocycles. The Kier molecular flexibility index (Phi) is 5.35. The second-order valence-electron chi connectivity index (χ2n) is 4.46. The molecular weight excluding hydrogens is 329 g/mol. The third-order valence-electron chi connectivity index (χ3n) is 2.74. The van der Waals surface area contributed by atoms with E-state index in [1.807, 2.05) is 5.48 Å². The van der Waals surface area contributed by atoms with E-state index in [1.54, 1.807) is 19.1 Å². The van der Waals surface area contributed by atoms with Gasteiger partial charge >= 0.3 is 6.18 Å². The van der Waals surface area contributed by atoms with E-state index in [-0.39, 0.29) is 5.69 Å². The minimum atomic E-state index is -4.39. The molecule has 0 aliphatic rings. The van der Waals surface area contributed by atoms with Crippen molar-refractivity contribution < 1.29 is 18.4 Å². The van der Waals surface area contributed by atoms with Gasteiger partial charge < -0.3 is 5.32 Å². The van der Waals surface area contributed by atoms with Crippen LogP contribution in [0, 0.1) is 0 Å². The van der Waals surface area contributed by atoms with Crippen LogP contribution in [0.5, 0.6) is 0 Å². The fourth-order valence-electron chi connectivity index (χ4n) is 1.64. The molecule has 0 radical (unpaired) electrons. The van der Waals surface area contributed by atoms with E-state index in [0.717, 1.165) is 29.2 Å². The van der Waals surface area contributed by atoms with Crippen LogP contribution >= 0.6 is 11.5 Å². The van der Waals surface area contributed by atoms with Crippen molar-refractivity contribution in [2.75, 3.05) is 5.32 Å². The van der Waals surface area contributed by atoms with Crippen LogP contribution in [0.1, 0.15) is 18.3 Å². The first kappa shape index (κ1) is 17.0. The Morgan fingerprint density at radius 3 is 2.83 bits per heavy atom. The molecule has 3 N–H and O–H groups in total. The van der Waals surface area contributed by atoms with Crippen molar-refractivity contribution in [3.05, 3.63) is 54.0 Å². The van der Waals surface area contributed by atoms with E-state index in [0.29, 0.717) is 11.0 Å². The summed E-state index contributed by atoms with van der Waals surface area (Å²) >= 11 is 1.04. The van der Waals surface area contributed by atoms with Crippen LogP contribution in [0.25, 0.3) is 5.57 Å². The molecular formula is C14H13F3N4OS. The second kappa shape index (κ2) is 7.25. The molecule has 0 atom stereocenters. The summed E-state index contributed by atoms with van der Waals surface area (Å²) in [5, 5.41) is 11.6. The predicted molar refractivity (Wildman–Crippen MR) is 82.3 cm³/mol. The Morgan fingerprint density at radius 1 is 1.35 bits per heavy atom. The minimum Gasteiger partial charge on any atom is -0.330 e. The molecule has 0 aliphatic carbocycles. The number of allylic oxidation sites excluding steroid dienone is 3. The number of hydroxylamine groups is 1. The summed E-state index contributed by atoms with van der Waals surface area (Å²) < 4.78 is 42.1. The quantitative estimate of drug-likeness (QED) is 0.561. The highest BCUT2D eigenvalue weighted by atomic mass is 32.1. The van der Waals surface area contributed by atoms with Gasteiger partial charge in [-0.1, -0.05) is 12.1 Å². The highest BCUT2D eigenvalue weighted by Crippen LogP contribution is 2.31. The summed E-state index contributed by atoms with van der Waals surface area (Å²) in [6.07, 6.45) is 0.170. The lowest BCUT2D eigenvalue weighted by Crippen LogP contribution is -2.05. The van der Waals surface area contributed by atoms with Crippen molar-refractivity contribution in [2.45, 2.75) is 13.1 Å². The zero-order valence-electron chi connectivity index (χ0n) is 11.9. The maximum atomic E-state index is 12.7. The summed E-state index contributed by atoms with van der Waals surface area (Å²) in [6, 6.07) is 4.87. The van der Waals surface area contributed by atoms with Gasteiger partial charge in [0, 0.05) is 23.4 Å². The van der Waals surface area contributed by atoms with Gasteiger partial charge in [-0.15, -0.1) is 0 Å². The fraction of sp³-hybridized carbons (Fsp3) is 0.143. The van der Waals surface area contributed by atoms with E-state index < -0.39 is 11.7 Å². The van der Waals surface area contributed by atoms with E-state index in [9.17, 15) is 13.2 Å². The van der Waals surface area contributed by atoms with Crippen molar-refractivity contribution in [1.29, 1.82) is 0 Å². The van der Waals surface area contributed by atoms with Crippen LogP contribution in [0.3, 0.4) is 0 Å². The topological polar surface area (TPSA) is 70.1 Å². The van der Waals surface area contributed by atoms with Gasteiger partial charge in [-0.3, -0.25) is 10.7 Å². The summed E-state index contributed by atoms with van der Waals surface area (Å²) in [5.41, 5.74) is 2.16. The zero-order chi connectivity index (χ0) is 16.9. The molecule has 23 heavy (non-hydrogen) atoms. The highest BCUT2D eigenvalue weighted by Gasteiger charge is 2.30. The predicted octanol–water partition coefficient (Wildman–Crippen LogP) is 4.20. The number of rotatable bonds is 5. The maximum absolute atomic E-state index is 12.7. The van der Waals surface area contributed by atoms with E-state index in [4.69, 9.17) is 5.21 Å². The number of nitrogens with one attached hydrogen (secondary N) is 2. The molecule has 1 aromatic heterocycles. The summed E-state index contributed by atoms with van der Waals surface area (Å²) in [7, 11) is 0. The van der Waals surface area contributed by atoms with Crippen molar-refractivity contribution in [2.24, 2.45) is 0 Å². The first-order valence-electron chi connectivity index (χ1n) is 6.41. The Labute approximate surface area is 134 Å². The van der Waals surface area contributed by atoms with Crippen molar-refractivity contribution in [1.82, 2.24) is 14.8 Å². The average Bonchev–Trinajstić information content (AvgIpc) is 2.95. The Hall–Kier alpha value is -2.39. The Bertz CT molecular complexity index is 725. The molecule has 122 valence electrons. The molecule has 0 unspecified atom stereocenters. The Balaban J connectivity index is 2.13. The van der Waals surface area contributed by atoms with Crippen LogP contribution in [0.15, 0.2) is 42.6 Å². The van der Waals surface area contributed by atoms with Crippen LogP contribution in [0.2, 0.25) is 0 Å². The van der Waals surface area contributed by atoms with Gasteiger partial charge in [-0.25, -0.2) is 0 Å². The molecule has 1 heterocycles. The third-order valence-corrected chi connectivity index (χ3v) is 3.37. The Morgan fingerprint density at radius 2 is 2.13 bits per heavy atom. The summed E-state index contributed by atoms with van der Waals surface area (Å²) in [4.78, 5) is 4.21.